The molecule has 2 aromatic carbocycles. The number of aryl methyl sites for hydroxylation is 2. The molecule has 3 heterocycles. The Hall–Kier alpha value is -3.75. The third kappa shape index (κ3) is 5.18. The van der Waals surface area contributed by atoms with Crippen molar-refractivity contribution in [2.45, 2.75) is 76.2 Å². The maximum atomic E-state index is 15.0. The number of carbonyl (C=O) groups excluding carboxylic acids is 3. The number of esters is 1. The van der Waals surface area contributed by atoms with E-state index in [0.29, 0.717) is 32.1 Å². The largest absolute Gasteiger partial charge is 0.465 e. The van der Waals surface area contributed by atoms with E-state index in [2.05, 4.69) is 13.2 Å². The molecule has 8 nitrogen and oxygen atoms in total. The minimum Gasteiger partial charge on any atom is -0.465 e. The lowest BCUT2D eigenvalue weighted by atomic mass is 9.65. The van der Waals surface area contributed by atoms with Crippen molar-refractivity contribution in [3.05, 3.63) is 90.5 Å². The predicted molar refractivity (Wildman–Crippen MR) is 169 cm³/mol. The number of rotatable bonds is 13. The van der Waals surface area contributed by atoms with E-state index in [0.717, 1.165) is 22.4 Å². The number of hydrogen-bond donors (Lipinski definition) is 1. The number of carbonyl (C=O) groups is 3. The number of anilines is 1. The fourth-order valence-electron chi connectivity index (χ4n) is 7.75. The van der Waals surface area contributed by atoms with Crippen LogP contribution in [0.4, 0.5) is 5.69 Å². The third-order valence-corrected chi connectivity index (χ3v) is 9.82. The molecule has 1 N–H and O–H groups in total. The van der Waals surface area contributed by atoms with Gasteiger partial charge in [0.1, 0.15) is 17.6 Å². The van der Waals surface area contributed by atoms with E-state index in [1.807, 2.05) is 69.3 Å². The Balaban J connectivity index is 1.64. The van der Waals surface area contributed by atoms with Gasteiger partial charge >= 0.3 is 5.97 Å². The second-order valence-electron chi connectivity index (χ2n) is 12.4. The Bertz CT molecular complexity index is 1420. The number of aliphatic hydroxyl groups is 1. The molecule has 234 valence electrons. The van der Waals surface area contributed by atoms with Gasteiger partial charge in [-0.3, -0.25) is 14.4 Å². The van der Waals surface area contributed by atoms with Gasteiger partial charge in [0.2, 0.25) is 5.91 Å². The van der Waals surface area contributed by atoms with Gasteiger partial charge in [-0.2, -0.15) is 0 Å². The van der Waals surface area contributed by atoms with Crippen LogP contribution >= 0.6 is 0 Å². The van der Waals surface area contributed by atoms with Crippen molar-refractivity contribution in [1.82, 2.24) is 4.90 Å². The van der Waals surface area contributed by atoms with E-state index in [1.54, 1.807) is 17.1 Å². The Kier molecular flexibility index (Phi) is 9.14. The molecule has 1 spiro atoms. The van der Waals surface area contributed by atoms with Gasteiger partial charge in [-0.25, -0.2) is 0 Å². The van der Waals surface area contributed by atoms with Crippen molar-refractivity contribution >= 4 is 23.5 Å². The van der Waals surface area contributed by atoms with E-state index < -0.39 is 41.1 Å². The molecule has 2 amide bonds. The number of amides is 2. The van der Waals surface area contributed by atoms with Crippen LogP contribution in [-0.4, -0.2) is 70.8 Å². The zero-order valence-electron chi connectivity index (χ0n) is 26.0. The third-order valence-electron chi connectivity index (χ3n) is 9.82. The highest BCUT2D eigenvalue weighted by Gasteiger charge is 2.79. The minimum atomic E-state index is -1.24. The van der Waals surface area contributed by atoms with E-state index in [-0.39, 0.29) is 31.6 Å². The second-order valence-corrected chi connectivity index (χ2v) is 12.4. The number of aliphatic hydroxyl groups excluding tert-OH is 1. The first-order valence-corrected chi connectivity index (χ1v) is 15.6. The molecule has 0 aliphatic carbocycles. The van der Waals surface area contributed by atoms with Crippen LogP contribution in [-0.2, 0) is 30.3 Å². The van der Waals surface area contributed by atoms with Crippen molar-refractivity contribution in [2.24, 2.45) is 11.8 Å². The molecular formula is C36H44N2O6. The molecule has 8 heteroatoms. The van der Waals surface area contributed by atoms with Gasteiger partial charge < -0.3 is 24.4 Å². The van der Waals surface area contributed by atoms with Gasteiger partial charge in [0.15, 0.2) is 0 Å². The molecule has 0 saturated carbocycles. The van der Waals surface area contributed by atoms with Gasteiger partial charge in [-0.15, -0.1) is 13.2 Å². The average molecular weight is 601 g/mol. The Morgan fingerprint density at radius 1 is 1.16 bits per heavy atom. The summed E-state index contributed by atoms with van der Waals surface area (Å²) in [6.07, 6.45) is 5.65. The van der Waals surface area contributed by atoms with Crippen LogP contribution in [0.3, 0.4) is 0 Å². The maximum Gasteiger partial charge on any atom is 0.312 e. The normalized spacial score (nSPS) is 27.6. The highest BCUT2D eigenvalue weighted by atomic mass is 16.6. The van der Waals surface area contributed by atoms with E-state index in [9.17, 15) is 14.7 Å². The van der Waals surface area contributed by atoms with Gasteiger partial charge in [0.25, 0.3) is 5.91 Å². The van der Waals surface area contributed by atoms with Crippen LogP contribution in [0.1, 0.15) is 49.3 Å². The van der Waals surface area contributed by atoms with Crippen LogP contribution < -0.4 is 4.90 Å². The SMILES string of the molecule is C=CCCOC(=O)[C@@H]1[C@H]2C(=O)N([C@@H](CO)Cc3ccccc3)C(C(=O)N(CC=C)c3cc(C)ccc3C)C23CC[C@@]1(CC)O3. The van der Waals surface area contributed by atoms with Gasteiger partial charge in [-0.05, 0) is 68.7 Å². The molecule has 3 fully saturated rings. The molecule has 2 bridgehead atoms. The van der Waals surface area contributed by atoms with Crippen LogP contribution in [0.25, 0.3) is 0 Å². The summed E-state index contributed by atoms with van der Waals surface area (Å²) < 4.78 is 12.6. The zero-order chi connectivity index (χ0) is 31.6. The van der Waals surface area contributed by atoms with Gasteiger partial charge in [-0.1, -0.05) is 61.5 Å². The number of fused-ring (bicyclic) bond motifs is 1. The lowest BCUT2D eigenvalue weighted by molar-refractivity contribution is -0.162. The van der Waals surface area contributed by atoms with E-state index in [1.165, 1.54) is 4.90 Å². The van der Waals surface area contributed by atoms with Crippen molar-refractivity contribution in [1.29, 1.82) is 0 Å². The molecule has 0 aromatic heterocycles. The summed E-state index contributed by atoms with van der Waals surface area (Å²) in [6, 6.07) is 13.8. The topological polar surface area (TPSA) is 96.4 Å². The first-order chi connectivity index (χ1) is 21.2. The molecule has 3 aliphatic rings. The zero-order valence-corrected chi connectivity index (χ0v) is 26.0. The summed E-state index contributed by atoms with van der Waals surface area (Å²) in [5.74, 6) is -2.91. The van der Waals surface area contributed by atoms with E-state index >= 15 is 4.79 Å². The smallest absolute Gasteiger partial charge is 0.312 e. The highest BCUT2D eigenvalue weighted by molar-refractivity contribution is 6.05. The van der Waals surface area contributed by atoms with Gasteiger partial charge in [0, 0.05) is 12.2 Å². The van der Waals surface area contributed by atoms with Crippen LogP contribution in [0.2, 0.25) is 0 Å². The molecule has 3 aliphatic heterocycles. The summed E-state index contributed by atoms with van der Waals surface area (Å²) in [5, 5.41) is 10.8. The molecule has 44 heavy (non-hydrogen) atoms. The summed E-state index contributed by atoms with van der Waals surface area (Å²) in [4.78, 5) is 46.7. The second kappa shape index (κ2) is 12.7. The molecule has 6 atom stereocenters. The monoisotopic (exact) mass is 600 g/mol. The molecular weight excluding hydrogens is 556 g/mol. The van der Waals surface area contributed by atoms with Gasteiger partial charge in [0.05, 0.1) is 30.8 Å². The lowest BCUT2D eigenvalue weighted by Crippen LogP contribution is -2.59. The summed E-state index contributed by atoms with van der Waals surface area (Å²) in [6.45, 7) is 13.5. The predicted octanol–water partition coefficient (Wildman–Crippen LogP) is 4.70. The molecule has 3 saturated heterocycles. The Morgan fingerprint density at radius 2 is 1.91 bits per heavy atom. The Morgan fingerprint density at radius 3 is 2.57 bits per heavy atom. The lowest BCUT2D eigenvalue weighted by Gasteiger charge is -2.40. The van der Waals surface area contributed by atoms with Crippen LogP contribution in [0, 0.1) is 25.7 Å². The Labute approximate surface area is 260 Å². The summed E-state index contributed by atoms with van der Waals surface area (Å²) in [5.41, 5.74) is 1.40. The fraction of sp³-hybridized carbons (Fsp3) is 0.472. The molecule has 5 rings (SSSR count). The molecule has 2 unspecified atom stereocenters. The van der Waals surface area contributed by atoms with Crippen molar-refractivity contribution in [2.75, 3.05) is 24.7 Å². The number of benzene rings is 2. The van der Waals surface area contributed by atoms with Crippen LogP contribution in [0.15, 0.2) is 73.8 Å². The molecule has 0 radical (unpaired) electrons. The highest BCUT2D eigenvalue weighted by Crippen LogP contribution is 2.65. The first-order valence-electron chi connectivity index (χ1n) is 15.6. The van der Waals surface area contributed by atoms with Crippen molar-refractivity contribution in [3.63, 3.8) is 0 Å². The average Bonchev–Trinajstić information content (AvgIpc) is 3.64. The number of nitrogens with zero attached hydrogens (tertiary/aromatic N) is 2. The number of hydrogen-bond acceptors (Lipinski definition) is 6. The number of ether oxygens (including phenoxy) is 2. The van der Waals surface area contributed by atoms with Crippen LogP contribution in [0.5, 0.6) is 0 Å². The van der Waals surface area contributed by atoms with E-state index in [4.69, 9.17) is 9.47 Å². The summed E-state index contributed by atoms with van der Waals surface area (Å²) in [7, 11) is 0. The standard InChI is InChI=1S/C36H44N2O6/c1-6-9-20-43-34(42)30-29-32(40)38(27(23-39)22-26-13-11-10-12-14-26)31(36(29)18-17-35(30,8-3)44-36)33(41)37(19-7-2)28-21-24(4)15-16-25(28)5/h6-7,10-16,21,27,29-31,39H,1-2,8-9,17-20,22-23H2,3-5H3/t27-,29+,30+,31?,35-,36?/m1/s1. The quantitative estimate of drug-likeness (QED) is 0.204. The number of likely N-dealkylation sites (tertiary alicyclic amines) is 1. The summed E-state index contributed by atoms with van der Waals surface area (Å²) >= 11 is 0. The first kappa shape index (κ1) is 31.7. The maximum absolute atomic E-state index is 15.0. The van der Waals surface area contributed by atoms with Crippen molar-refractivity contribution in [3.8, 4) is 0 Å². The fourth-order valence-corrected chi connectivity index (χ4v) is 7.75. The molecule has 2 aromatic rings. The van der Waals surface area contributed by atoms with Crippen molar-refractivity contribution < 1.29 is 29.0 Å². The minimum absolute atomic E-state index is 0.158.